The number of carboxylic acids is 1. The third-order valence-corrected chi connectivity index (χ3v) is 2.76. The number of carbonyl (C=O) groups excluding carboxylic acids is 1. The summed E-state index contributed by atoms with van der Waals surface area (Å²) in [6.45, 7) is 2.14. The van der Waals surface area contributed by atoms with E-state index < -0.39 is 5.97 Å². The van der Waals surface area contributed by atoms with Crippen molar-refractivity contribution in [3.05, 3.63) is 23.8 Å². The number of rotatable bonds is 6. The average molecular weight is 266 g/mol. The van der Waals surface area contributed by atoms with Gasteiger partial charge in [0.05, 0.1) is 18.4 Å². The van der Waals surface area contributed by atoms with Gasteiger partial charge in [0.25, 0.3) is 0 Å². The molecule has 0 heterocycles. The van der Waals surface area contributed by atoms with Gasteiger partial charge in [-0.15, -0.1) is 0 Å². The lowest BCUT2D eigenvalue weighted by Gasteiger charge is -2.13. The van der Waals surface area contributed by atoms with Crippen molar-refractivity contribution in [2.45, 2.75) is 13.3 Å². The Morgan fingerprint density at radius 3 is 2.68 bits per heavy atom. The molecule has 0 bridgehead atoms. The van der Waals surface area contributed by atoms with Gasteiger partial charge >= 0.3 is 5.97 Å². The maximum absolute atomic E-state index is 11.9. The van der Waals surface area contributed by atoms with E-state index in [0.717, 1.165) is 0 Å². The quantitative estimate of drug-likeness (QED) is 0.720. The van der Waals surface area contributed by atoms with Crippen LogP contribution in [0.2, 0.25) is 0 Å². The molecule has 0 saturated carbocycles. The predicted molar refractivity (Wildman–Crippen MR) is 71.4 cm³/mol. The van der Waals surface area contributed by atoms with Gasteiger partial charge in [0, 0.05) is 12.0 Å². The fourth-order valence-corrected chi connectivity index (χ4v) is 1.58. The molecule has 104 valence electrons. The van der Waals surface area contributed by atoms with Crippen LogP contribution in [-0.2, 0) is 4.79 Å². The van der Waals surface area contributed by atoms with Crippen LogP contribution < -0.4 is 15.8 Å². The smallest absolute Gasteiger partial charge is 0.337 e. The second-order valence-electron chi connectivity index (χ2n) is 4.18. The van der Waals surface area contributed by atoms with Crippen LogP contribution in [0.15, 0.2) is 18.2 Å². The van der Waals surface area contributed by atoms with Gasteiger partial charge in [0.1, 0.15) is 5.75 Å². The summed E-state index contributed by atoms with van der Waals surface area (Å²) in [6.07, 6.45) is 0.540. The van der Waals surface area contributed by atoms with Gasteiger partial charge in [0.15, 0.2) is 0 Å². The first kappa shape index (κ1) is 15.0. The molecule has 0 aromatic heterocycles. The summed E-state index contributed by atoms with van der Waals surface area (Å²) in [5.41, 5.74) is 5.64. The SMILES string of the molecule is COc1ccc(C(=O)O)c(NC(=O)C(C)CCN)c1. The number of aromatic carboxylic acids is 1. The van der Waals surface area contributed by atoms with E-state index in [2.05, 4.69) is 5.32 Å². The first-order valence-corrected chi connectivity index (χ1v) is 5.91. The third kappa shape index (κ3) is 3.96. The molecule has 0 aliphatic rings. The number of methoxy groups -OCH3 is 1. The fraction of sp³-hybridized carbons (Fsp3) is 0.385. The highest BCUT2D eigenvalue weighted by molar-refractivity contribution is 6.01. The largest absolute Gasteiger partial charge is 0.497 e. The molecule has 0 fully saturated rings. The molecule has 1 atom stereocenters. The maximum Gasteiger partial charge on any atom is 0.337 e. The Morgan fingerprint density at radius 1 is 1.47 bits per heavy atom. The number of nitrogens with two attached hydrogens (primary N) is 1. The zero-order chi connectivity index (χ0) is 14.4. The lowest BCUT2D eigenvalue weighted by Crippen LogP contribution is -2.23. The van der Waals surface area contributed by atoms with E-state index >= 15 is 0 Å². The molecule has 1 unspecified atom stereocenters. The summed E-state index contributed by atoms with van der Waals surface area (Å²) in [5, 5.41) is 11.7. The maximum atomic E-state index is 11.9. The summed E-state index contributed by atoms with van der Waals surface area (Å²) in [7, 11) is 1.47. The third-order valence-electron chi connectivity index (χ3n) is 2.76. The van der Waals surface area contributed by atoms with Crippen LogP contribution in [0.4, 0.5) is 5.69 Å². The Kier molecular flexibility index (Phi) is 5.32. The van der Waals surface area contributed by atoms with Crippen LogP contribution in [0.25, 0.3) is 0 Å². The molecule has 6 heteroatoms. The molecule has 1 aromatic carbocycles. The molecule has 0 saturated heterocycles. The Morgan fingerprint density at radius 2 is 2.16 bits per heavy atom. The number of amides is 1. The average Bonchev–Trinajstić information content (AvgIpc) is 2.38. The van der Waals surface area contributed by atoms with Crippen molar-refractivity contribution in [3.63, 3.8) is 0 Å². The molecule has 0 aliphatic heterocycles. The monoisotopic (exact) mass is 266 g/mol. The van der Waals surface area contributed by atoms with Gasteiger partial charge in [-0.1, -0.05) is 6.92 Å². The van der Waals surface area contributed by atoms with Crippen molar-refractivity contribution in [1.29, 1.82) is 0 Å². The van der Waals surface area contributed by atoms with E-state index in [9.17, 15) is 9.59 Å². The Labute approximate surface area is 111 Å². The fourth-order valence-electron chi connectivity index (χ4n) is 1.58. The summed E-state index contributed by atoms with van der Waals surface area (Å²) < 4.78 is 5.01. The van der Waals surface area contributed by atoms with Crippen molar-refractivity contribution < 1.29 is 19.4 Å². The number of nitrogens with one attached hydrogen (secondary N) is 1. The van der Waals surface area contributed by atoms with Crippen molar-refractivity contribution in [2.75, 3.05) is 19.0 Å². The topological polar surface area (TPSA) is 102 Å². The lowest BCUT2D eigenvalue weighted by atomic mass is 10.1. The summed E-state index contributed by atoms with van der Waals surface area (Å²) >= 11 is 0. The number of benzene rings is 1. The van der Waals surface area contributed by atoms with E-state index in [4.69, 9.17) is 15.6 Å². The van der Waals surface area contributed by atoms with Gasteiger partial charge < -0.3 is 20.9 Å². The highest BCUT2D eigenvalue weighted by atomic mass is 16.5. The van der Waals surface area contributed by atoms with E-state index in [-0.39, 0.29) is 23.1 Å². The van der Waals surface area contributed by atoms with Crippen molar-refractivity contribution in [1.82, 2.24) is 0 Å². The van der Waals surface area contributed by atoms with Crippen LogP contribution in [0, 0.1) is 5.92 Å². The standard InChI is InChI=1S/C13H18N2O4/c1-8(5-6-14)12(16)15-11-7-9(19-2)3-4-10(11)13(17)18/h3-4,7-8H,5-6,14H2,1-2H3,(H,15,16)(H,17,18). The molecule has 1 rings (SSSR count). The molecule has 0 spiro atoms. The first-order valence-electron chi connectivity index (χ1n) is 5.91. The van der Waals surface area contributed by atoms with Gasteiger partial charge in [0.2, 0.25) is 5.91 Å². The van der Waals surface area contributed by atoms with Crippen molar-refractivity contribution >= 4 is 17.6 Å². The lowest BCUT2D eigenvalue weighted by molar-refractivity contribution is -0.119. The van der Waals surface area contributed by atoms with Crippen LogP contribution in [0.1, 0.15) is 23.7 Å². The summed E-state index contributed by atoms with van der Waals surface area (Å²) in [5.74, 6) is -1.17. The molecular weight excluding hydrogens is 248 g/mol. The minimum absolute atomic E-state index is 0.0223. The summed E-state index contributed by atoms with van der Waals surface area (Å²) in [6, 6.07) is 4.41. The number of carbonyl (C=O) groups is 2. The van der Waals surface area contributed by atoms with E-state index in [0.29, 0.717) is 18.7 Å². The number of hydrogen-bond acceptors (Lipinski definition) is 4. The zero-order valence-corrected chi connectivity index (χ0v) is 11.0. The van der Waals surface area contributed by atoms with Gasteiger partial charge in [-0.05, 0) is 25.1 Å². The van der Waals surface area contributed by atoms with Crippen LogP contribution >= 0.6 is 0 Å². The highest BCUT2D eigenvalue weighted by Crippen LogP contribution is 2.23. The molecule has 1 amide bonds. The molecule has 19 heavy (non-hydrogen) atoms. The second-order valence-corrected chi connectivity index (χ2v) is 4.18. The number of anilines is 1. The van der Waals surface area contributed by atoms with E-state index in [1.807, 2.05) is 0 Å². The number of ether oxygens (including phenoxy) is 1. The molecule has 6 nitrogen and oxygen atoms in total. The van der Waals surface area contributed by atoms with Crippen molar-refractivity contribution in [2.24, 2.45) is 11.7 Å². The van der Waals surface area contributed by atoms with Crippen LogP contribution in [0.3, 0.4) is 0 Å². The number of carboxylic acid groups (broad SMARTS) is 1. The van der Waals surface area contributed by atoms with E-state index in [1.54, 1.807) is 6.92 Å². The van der Waals surface area contributed by atoms with Gasteiger partial charge in [-0.3, -0.25) is 4.79 Å². The predicted octanol–water partition coefficient (Wildman–Crippen LogP) is 1.32. The molecule has 0 aliphatic carbocycles. The highest BCUT2D eigenvalue weighted by Gasteiger charge is 2.17. The second kappa shape index (κ2) is 6.75. The van der Waals surface area contributed by atoms with Crippen LogP contribution in [-0.4, -0.2) is 30.6 Å². The molecular formula is C13H18N2O4. The molecule has 1 aromatic rings. The Bertz CT molecular complexity index is 474. The minimum atomic E-state index is -1.11. The number of hydrogen-bond donors (Lipinski definition) is 3. The zero-order valence-electron chi connectivity index (χ0n) is 11.0. The van der Waals surface area contributed by atoms with Gasteiger partial charge in [-0.2, -0.15) is 0 Å². The van der Waals surface area contributed by atoms with Crippen molar-refractivity contribution in [3.8, 4) is 5.75 Å². The van der Waals surface area contributed by atoms with Gasteiger partial charge in [-0.25, -0.2) is 4.79 Å². The summed E-state index contributed by atoms with van der Waals surface area (Å²) in [4.78, 5) is 23.0. The first-order chi connectivity index (χ1) is 8.99. The molecule has 4 N–H and O–H groups in total. The molecule has 0 radical (unpaired) electrons. The Balaban J connectivity index is 2.97. The minimum Gasteiger partial charge on any atom is -0.497 e. The van der Waals surface area contributed by atoms with E-state index in [1.165, 1.54) is 25.3 Å². The Hall–Kier alpha value is -2.08. The normalized spacial score (nSPS) is 11.7. The van der Waals surface area contributed by atoms with Crippen LogP contribution in [0.5, 0.6) is 5.75 Å².